The molecule has 158 valence electrons. The Kier molecular flexibility index (Phi) is 5.03. The number of imidazole rings is 1. The van der Waals surface area contributed by atoms with Gasteiger partial charge in [0.2, 0.25) is 5.65 Å². The highest BCUT2D eigenvalue weighted by molar-refractivity contribution is 7.92. The van der Waals surface area contributed by atoms with E-state index in [0.29, 0.717) is 11.3 Å². The lowest BCUT2D eigenvalue weighted by atomic mass is 10.3. The molecule has 0 fully saturated rings. The lowest BCUT2D eigenvalue weighted by Crippen LogP contribution is -2.26. The van der Waals surface area contributed by atoms with Crippen molar-refractivity contribution in [2.24, 2.45) is 0 Å². The Balaban J connectivity index is 1.60. The second-order valence-corrected chi connectivity index (χ2v) is 8.42. The molecule has 2 heterocycles. The summed E-state index contributed by atoms with van der Waals surface area (Å²) in [5.74, 6) is -0.807. The molecule has 4 aromatic rings. The van der Waals surface area contributed by atoms with Gasteiger partial charge in [0.25, 0.3) is 10.0 Å². The van der Waals surface area contributed by atoms with Crippen molar-refractivity contribution >= 4 is 27.2 Å². The molecule has 2 aromatic heterocycles. The maximum Gasteiger partial charge on any atom is 0.392 e. The molecule has 11 heteroatoms. The Morgan fingerprint density at radius 2 is 1.74 bits per heavy atom. The largest absolute Gasteiger partial charge is 0.433 e. The number of hydrogen-bond acceptors (Lipinski definition) is 6. The third-order valence-corrected chi connectivity index (χ3v) is 6.33. The molecule has 0 saturated carbocycles. The minimum Gasteiger partial charge on any atom is -0.433 e. The highest BCUT2D eigenvalue weighted by Crippen LogP contribution is 2.32. The van der Waals surface area contributed by atoms with Crippen LogP contribution in [0.15, 0.2) is 77.8 Å². The van der Waals surface area contributed by atoms with Crippen LogP contribution in [0.4, 0.5) is 15.9 Å². The minimum atomic E-state index is -3.89. The molecule has 9 nitrogen and oxygen atoms in total. The van der Waals surface area contributed by atoms with Crippen LogP contribution in [0, 0.1) is 15.9 Å². The molecule has 31 heavy (non-hydrogen) atoms. The fourth-order valence-corrected chi connectivity index (χ4v) is 4.13. The van der Waals surface area contributed by atoms with E-state index in [4.69, 9.17) is 4.74 Å². The van der Waals surface area contributed by atoms with Crippen molar-refractivity contribution in [1.82, 2.24) is 9.38 Å². The quantitative estimate of drug-likeness (QED) is 0.330. The second-order valence-electron chi connectivity index (χ2n) is 6.45. The van der Waals surface area contributed by atoms with E-state index >= 15 is 0 Å². The number of rotatable bonds is 6. The molecule has 0 bridgehead atoms. The number of anilines is 1. The topological polar surface area (TPSA) is 107 Å². The Hall–Kier alpha value is -3.99. The summed E-state index contributed by atoms with van der Waals surface area (Å²) >= 11 is 0. The van der Waals surface area contributed by atoms with E-state index in [-0.39, 0.29) is 22.3 Å². The van der Waals surface area contributed by atoms with Gasteiger partial charge in [0.1, 0.15) is 11.6 Å². The number of nitro groups is 1. The first-order valence-corrected chi connectivity index (χ1v) is 10.4. The van der Waals surface area contributed by atoms with Crippen LogP contribution in [0.2, 0.25) is 0 Å². The van der Waals surface area contributed by atoms with Gasteiger partial charge in [0.05, 0.1) is 16.8 Å². The molecule has 0 saturated heterocycles. The lowest BCUT2D eigenvalue weighted by molar-refractivity contribution is -0.391. The highest BCUT2D eigenvalue weighted by atomic mass is 32.2. The van der Waals surface area contributed by atoms with Gasteiger partial charge < -0.3 is 14.9 Å². The van der Waals surface area contributed by atoms with Gasteiger partial charge in [0.15, 0.2) is 0 Å². The van der Waals surface area contributed by atoms with Gasteiger partial charge >= 0.3 is 11.7 Å². The van der Waals surface area contributed by atoms with E-state index in [9.17, 15) is 22.9 Å². The predicted molar refractivity (Wildman–Crippen MR) is 110 cm³/mol. The third kappa shape index (κ3) is 3.78. The third-order valence-electron chi connectivity index (χ3n) is 4.53. The average Bonchev–Trinajstić information content (AvgIpc) is 3.12. The molecule has 0 aliphatic carbocycles. The predicted octanol–water partition coefficient (Wildman–Crippen LogP) is 4.00. The summed E-state index contributed by atoms with van der Waals surface area (Å²) in [5, 5.41) is 11.5. The number of hydrogen-bond donors (Lipinski definition) is 0. The summed E-state index contributed by atoms with van der Waals surface area (Å²) < 4.78 is 46.5. The molecule has 4 rings (SSSR count). The molecule has 0 N–H and O–H groups in total. The zero-order valence-corrected chi connectivity index (χ0v) is 16.9. The molecule has 0 amide bonds. The lowest BCUT2D eigenvalue weighted by Gasteiger charge is -2.19. The molecule has 2 aromatic carbocycles. The monoisotopic (exact) mass is 442 g/mol. The van der Waals surface area contributed by atoms with Gasteiger partial charge in [-0.05, 0) is 59.5 Å². The van der Waals surface area contributed by atoms with Crippen molar-refractivity contribution in [2.75, 3.05) is 11.4 Å². The summed E-state index contributed by atoms with van der Waals surface area (Å²) in [6, 6.07) is 15.4. The van der Waals surface area contributed by atoms with Crippen LogP contribution in [0.5, 0.6) is 11.6 Å². The molecule has 0 radical (unpaired) electrons. The number of pyridine rings is 1. The normalized spacial score (nSPS) is 11.4. The molecule has 0 atom stereocenters. The highest BCUT2D eigenvalue weighted by Gasteiger charge is 2.25. The van der Waals surface area contributed by atoms with E-state index in [2.05, 4.69) is 4.98 Å². The molecule has 0 aliphatic rings. The Morgan fingerprint density at radius 3 is 2.39 bits per heavy atom. The SMILES string of the molecule is CN(c1ccc(Oc2nc3ccccn3c2[N+](=O)[O-])cc1)S(=O)(=O)c1ccc(F)cc1. The van der Waals surface area contributed by atoms with Gasteiger partial charge in [-0.25, -0.2) is 12.8 Å². The summed E-state index contributed by atoms with van der Waals surface area (Å²) in [6.07, 6.45) is 1.51. The Labute approximate surface area is 176 Å². The zero-order chi connectivity index (χ0) is 22.2. The standard InChI is InChI=1S/C20H15FN4O5S/c1-23(31(28,29)17-11-5-14(21)6-12-17)15-7-9-16(10-8-15)30-19-20(25(26)27)24-13-3-2-4-18(24)22-19/h2-13H,1H3. The summed E-state index contributed by atoms with van der Waals surface area (Å²) in [6.45, 7) is 0. The maximum atomic E-state index is 13.1. The van der Waals surface area contributed by atoms with Crippen LogP contribution in [-0.4, -0.2) is 29.8 Å². The summed E-state index contributed by atoms with van der Waals surface area (Å²) in [7, 11) is -2.53. The van der Waals surface area contributed by atoms with E-state index in [1.807, 2.05) is 0 Å². The number of sulfonamides is 1. The van der Waals surface area contributed by atoms with Gasteiger partial charge in [-0.3, -0.25) is 4.31 Å². The van der Waals surface area contributed by atoms with Gasteiger partial charge in [0, 0.05) is 13.1 Å². The number of aromatic nitrogens is 2. The van der Waals surface area contributed by atoms with Crippen LogP contribution < -0.4 is 9.04 Å². The molecule has 0 unspecified atom stereocenters. The van der Waals surface area contributed by atoms with Crippen molar-refractivity contribution in [2.45, 2.75) is 4.90 Å². The summed E-state index contributed by atoms with van der Waals surface area (Å²) in [5.41, 5.74) is 0.673. The number of ether oxygens (including phenoxy) is 1. The van der Waals surface area contributed by atoms with Crippen LogP contribution >= 0.6 is 0 Å². The maximum absolute atomic E-state index is 13.1. The average molecular weight is 442 g/mol. The molecule has 0 spiro atoms. The van der Waals surface area contributed by atoms with Gasteiger partial charge in [-0.2, -0.15) is 9.38 Å². The fraction of sp³-hybridized carbons (Fsp3) is 0.0500. The number of halogens is 1. The first-order chi connectivity index (χ1) is 14.8. The van der Waals surface area contributed by atoms with Crippen LogP contribution in [0.1, 0.15) is 0 Å². The van der Waals surface area contributed by atoms with Gasteiger partial charge in [-0.15, -0.1) is 0 Å². The fourth-order valence-electron chi connectivity index (χ4n) is 2.94. The Morgan fingerprint density at radius 1 is 1.06 bits per heavy atom. The number of nitrogens with zero attached hydrogens (tertiary/aromatic N) is 4. The van der Waals surface area contributed by atoms with Gasteiger partial charge in [-0.1, -0.05) is 6.07 Å². The van der Waals surface area contributed by atoms with E-state index < -0.39 is 20.8 Å². The minimum absolute atomic E-state index is 0.0583. The van der Waals surface area contributed by atoms with Crippen molar-refractivity contribution in [3.8, 4) is 11.6 Å². The van der Waals surface area contributed by atoms with Crippen LogP contribution in [-0.2, 0) is 10.0 Å². The first kappa shape index (κ1) is 20.3. The molecule has 0 aliphatic heterocycles. The number of fused-ring (bicyclic) bond motifs is 1. The van der Waals surface area contributed by atoms with Crippen LogP contribution in [0.3, 0.4) is 0 Å². The smallest absolute Gasteiger partial charge is 0.392 e. The first-order valence-electron chi connectivity index (χ1n) is 8.91. The van der Waals surface area contributed by atoms with E-state index in [0.717, 1.165) is 16.4 Å². The Bertz CT molecular complexity index is 1370. The van der Waals surface area contributed by atoms with Crippen molar-refractivity contribution in [3.05, 3.63) is 88.9 Å². The van der Waals surface area contributed by atoms with E-state index in [1.165, 1.54) is 54.0 Å². The van der Waals surface area contributed by atoms with Crippen molar-refractivity contribution in [1.29, 1.82) is 0 Å². The second kappa shape index (κ2) is 7.69. The molecular formula is C20H15FN4O5S. The summed E-state index contributed by atoms with van der Waals surface area (Å²) in [4.78, 5) is 15.0. The van der Waals surface area contributed by atoms with Crippen LogP contribution in [0.25, 0.3) is 5.65 Å². The zero-order valence-electron chi connectivity index (χ0n) is 16.0. The molecular weight excluding hydrogens is 427 g/mol. The van der Waals surface area contributed by atoms with Crippen molar-refractivity contribution < 1.29 is 22.5 Å². The number of benzene rings is 2. The van der Waals surface area contributed by atoms with E-state index in [1.54, 1.807) is 18.2 Å². The van der Waals surface area contributed by atoms with Crippen molar-refractivity contribution in [3.63, 3.8) is 0 Å².